The first-order chi connectivity index (χ1) is 12.8. The number of rotatable bonds is 4. The zero-order chi connectivity index (χ0) is 19.4. The van der Waals surface area contributed by atoms with E-state index in [1.807, 2.05) is 25.1 Å². The lowest BCUT2D eigenvalue weighted by Gasteiger charge is -2.11. The van der Waals surface area contributed by atoms with Crippen LogP contribution in [-0.4, -0.2) is 10.9 Å². The van der Waals surface area contributed by atoms with Gasteiger partial charge in [-0.1, -0.05) is 18.2 Å². The first kappa shape index (κ1) is 18.4. The molecule has 0 saturated heterocycles. The molecule has 3 aromatic rings. The van der Waals surface area contributed by atoms with Crippen LogP contribution in [0, 0.1) is 6.92 Å². The molecule has 4 nitrogen and oxygen atoms in total. The molecule has 1 aromatic heterocycles. The number of carbonyl (C=O) groups is 1. The summed E-state index contributed by atoms with van der Waals surface area (Å²) in [5, 5.41) is 5.75. The lowest BCUT2D eigenvalue weighted by atomic mass is 10.1. The molecule has 0 spiro atoms. The van der Waals surface area contributed by atoms with Crippen molar-refractivity contribution in [1.29, 1.82) is 0 Å². The molecule has 1 heterocycles. The number of benzene rings is 2. The van der Waals surface area contributed by atoms with Gasteiger partial charge in [0.2, 0.25) is 0 Å². The van der Waals surface area contributed by atoms with Crippen LogP contribution in [-0.2, 0) is 6.18 Å². The highest BCUT2D eigenvalue weighted by atomic mass is 19.4. The highest BCUT2D eigenvalue weighted by Crippen LogP contribution is 2.30. The summed E-state index contributed by atoms with van der Waals surface area (Å²) in [6.45, 7) is 1.89. The zero-order valence-corrected chi connectivity index (χ0v) is 14.3. The first-order valence-corrected chi connectivity index (χ1v) is 8.09. The molecule has 0 atom stereocenters. The minimum atomic E-state index is -4.38. The number of aromatic nitrogens is 1. The summed E-state index contributed by atoms with van der Waals surface area (Å²) in [5.74, 6) is -0.326. The molecule has 2 N–H and O–H groups in total. The summed E-state index contributed by atoms with van der Waals surface area (Å²) in [5.41, 5.74) is 2.18. The van der Waals surface area contributed by atoms with E-state index in [-0.39, 0.29) is 5.91 Å². The highest BCUT2D eigenvalue weighted by molar-refractivity contribution is 6.05. The van der Waals surface area contributed by atoms with Crippen LogP contribution in [0.2, 0.25) is 0 Å². The Hall–Kier alpha value is -3.35. The summed E-state index contributed by atoms with van der Waals surface area (Å²) in [7, 11) is 0. The maximum absolute atomic E-state index is 12.6. The second-order valence-corrected chi connectivity index (χ2v) is 5.93. The number of nitrogens with zero attached hydrogens (tertiary/aromatic N) is 1. The molecule has 0 aliphatic rings. The van der Waals surface area contributed by atoms with Gasteiger partial charge in [-0.05, 0) is 48.9 Å². The summed E-state index contributed by atoms with van der Waals surface area (Å²) in [6, 6.07) is 13.6. The lowest BCUT2D eigenvalue weighted by Crippen LogP contribution is -2.13. The molecule has 0 aliphatic heterocycles. The predicted octanol–water partition coefficient (Wildman–Crippen LogP) is 5.40. The molecule has 1 amide bonds. The predicted molar refractivity (Wildman–Crippen MR) is 98.1 cm³/mol. The van der Waals surface area contributed by atoms with Crippen molar-refractivity contribution in [2.45, 2.75) is 13.1 Å². The van der Waals surface area contributed by atoms with E-state index in [1.165, 1.54) is 24.5 Å². The van der Waals surface area contributed by atoms with E-state index in [0.717, 1.165) is 17.7 Å². The van der Waals surface area contributed by atoms with Gasteiger partial charge < -0.3 is 10.6 Å². The summed E-state index contributed by atoms with van der Waals surface area (Å²) >= 11 is 0. The van der Waals surface area contributed by atoms with E-state index in [2.05, 4.69) is 15.6 Å². The Balaban J connectivity index is 1.73. The van der Waals surface area contributed by atoms with Crippen LogP contribution in [0.5, 0.6) is 0 Å². The number of halogens is 3. The number of carbonyl (C=O) groups excluding carboxylic acids is 1. The number of anilines is 3. The molecule has 0 radical (unpaired) electrons. The van der Waals surface area contributed by atoms with E-state index in [9.17, 15) is 18.0 Å². The second kappa shape index (κ2) is 7.49. The van der Waals surface area contributed by atoms with E-state index in [1.54, 1.807) is 12.1 Å². The van der Waals surface area contributed by atoms with Crippen LogP contribution < -0.4 is 10.6 Å². The Morgan fingerprint density at radius 2 is 1.67 bits per heavy atom. The lowest BCUT2D eigenvalue weighted by molar-refractivity contribution is -0.137. The van der Waals surface area contributed by atoms with E-state index in [4.69, 9.17) is 0 Å². The number of para-hydroxylation sites is 1. The molecule has 0 fully saturated rings. The average Bonchev–Trinajstić information content (AvgIpc) is 2.63. The molecular weight excluding hydrogens is 355 g/mol. The largest absolute Gasteiger partial charge is 0.416 e. The van der Waals surface area contributed by atoms with Crippen molar-refractivity contribution in [2.24, 2.45) is 0 Å². The summed E-state index contributed by atoms with van der Waals surface area (Å²) < 4.78 is 37.9. The first-order valence-electron chi connectivity index (χ1n) is 8.09. The molecule has 0 bridgehead atoms. The van der Waals surface area contributed by atoms with Crippen molar-refractivity contribution in [1.82, 2.24) is 4.98 Å². The molecule has 0 aliphatic carbocycles. The van der Waals surface area contributed by atoms with Gasteiger partial charge in [-0.2, -0.15) is 13.2 Å². The molecule has 0 unspecified atom stereocenters. The van der Waals surface area contributed by atoms with Gasteiger partial charge >= 0.3 is 6.18 Å². The quantitative estimate of drug-likeness (QED) is 0.645. The third kappa shape index (κ3) is 4.63. The van der Waals surface area contributed by atoms with E-state index >= 15 is 0 Å². The monoisotopic (exact) mass is 371 g/mol. The number of hydrogen-bond donors (Lipinski definition) is 2. The van der Waals surface area contributed by atoms with Crippen LogP contribution in [0.15, 0.2) is 67.0 Å². The van der Waals surface area contributed by atoms with Crippen molar-refractivity contribution in [3.05, 3.63) is 83.7 Å². The number of aryl methyl sites for hydroxylation is 1. The van der Waals surface area contributed by atoms with Gasteiger partial charge in [-0.25, -0.2) is 0 Å². The Morgan fingerprint density at radius 3 is 2.33 bits per heavy atom. The van der Waals surface area contributed by atoms with Gasteiger partial charge in [0.1, 0.15) is 0 Å². The summed E-state index contributed by atoms with van der Waals surface area (Å²) in [6.07, 6.45) is -1.47. The second-order valence-electron chi connectivity index (χ2n) is 5.93. The van der Waals surface area contributed by atoms with Gasteiger partial charge in [0, 0.05) is 17.6 Å². The van der Waals surface area contributed by atoms with Gasteiger partial charge in [-0.3, -0.25) is 9.78 Å². The Labute approximate surface area is 154 Å². The van der Waals surface area contributed by atoms with Gasteiger partial charge in [-0.15, -0.1) is 0 Å². The van der Waals surface area contributed by atoms with Crippen LogP contribution in [0.25, 0.3) is 0 Å². The Kier molecular flexibility index (Phi) is 5.12. The van der Waals surface area contributed by atoms with Crippen molar-refractivity contribution >= 4 is 23.0 Å². The Morgan fingerprint density at radius 1 is 0.963 bits per heavy atom. The number of pyridine rings is 1. The maximum Gasteiger partial charge on any atom is 0.416 e. The number of nitrogens with one attached hydrogen (secondary N) is 2. The normalized spacial score (nSPS) is 11.1. The summed E-state index contributed by atoms with van der Waals surface area (Å²) in [4.78, 5) is 16.4. The van der Waals surface area contributed by atoms with Crippen LogP contribution in [0.1, 0.15) is 21.5 Å². The maximum atomic E-state index is 12.6. The fourth-order valence-corrected chi connectivity index (χ4v) is 2.45. The van der Waals surface area contributed by atoms with Crippen molar-refractivity contribution in [3.63, 3.8) is 0 Å². The number of alkyl halides is 3. The van der Waals surface area contributed by atoms with Gasteiger partial charge in [0.15, 0.2) is 0 Å². The van der Waals surface area contributed by atoms with Crippen molar-refractivity contribution < 1.29 is 18.0 Å². The average molecular weight is 371 g/mol. The van der Waals surface area contributed by atoms with E-state index in [0.29, 0.717) is 22.6 Å². The van der Waals surface area contributed by atoms with Crippen LogP contribution in [0.3, 0.4) is 0 Å². The van der Waals surface area contributed by atoms with Gasteiger partial charge in [0.05, 0.1) is 23.0 Å². The van der Waals surface area contributed by atoms with Crippen LogP contribution >= 0.6 is 0 Å². The molecule has 2 aromatic carbocycles. The SMILES string of the molecule is Cc1ccccc1NC(=O)c1cncc(Nc2ccc(C(F)(F)F)cc2)c1. The van der Waals surface area contributed by atoms with Crippen molar-refractivity contribution in [2.75, 3.05) is 10.6 Å². The van der Waals surface area contributed by atoms with E-state index < -0.39 is 11.7 Å². The van der Waals surface area contributed by atoms with Crippen molar-refractivity contribution in [3.8, 4) is 0 Å². The Bertz CT molecular complexity index is 953. The minimum Gasteiger partial charge on any atom is -0.354 e. The standard InChI is InChI=1S/C20H16F3N3O/c1-13-4-2-3-5-18(13)26-19(27)14-10-17(12-24-11-14)25-16-8-6-15(7-9-16)20(21,22)23/h2-12,25H,1H3,(H,26,27). The third-order valence-electron chi connectivity index (χ3n) is 3.89. The minimum absolute atomic E-state index is 0.326. The molecular formula is C20H16F3N3O. The third-order valence-corrected chi connectivity index (χ3v) is 3.89. The molecule has 7 heteroatoms. The topological polar surface area (TPSA) is 54.0 Å². The molecule has 0 saturated carbocycles. The molecule has 27 heavy (non-hydrogen) atoms. The number of amides is 1. The smallest absolute Gasteiger partial charge is 0.354 e. The fourth-order valence-electron chi connectivity index (χ4n) is 2.45. The number of hydrogen-bond acceptors (Lipinski definition) is 3. The highest BCUT2D eigenvalue weighted by Gasteiger charge is 2.29. The van der Waals surface area contributed by atoms with Gasteiger partial charge in [0.25, 0.3) is 5.91 Å². The molecule has 3 rings (SSSR count). The van der Waals surface area contributed by atoms with Crippen LogP contribution in [0.4, 0.5) is 30.2 Å². The molecule has 138 valence electrons. The fraction of sp³-hybridized carbons (Fsp3) is 0.100. The zero-order valence-electron chi connectivity index (χ0n) is 14.3.